The molecule has 0 spiro atoms. The summed E-state index contributed by atoms with van der Waals surface area (Å²) in [5.74, 6) is 0.0794. The van der Waals surface area contributed by atoms with Crippen LogP contribution in [0.5, 0.6) is 5.75 Å². The van der Waals surface area contributed by atoms with E-state index in [-0.39, 0.29) is 18.4 Å². The fourth-order valence-electron chi connectivity index (χ4n) is 2.79. The minimum atomic E-state index is -0.291. The molecule has 28 heavy (non-hydrogen) atoms. The Morgan fingerprint density at radius 2 is 1.82 bits per heavy atom. The molecule has 2 aromatic rings. The Labute approximate surface area is 163 Å². The third-order valence-electron chi connectivity index (χ3n) is 4.36. The first-order valence-corrected chi connectivity index (χ1v) is 9.02. The molecule has 3 rings (SSSR count). The summed E-state index contributed by atoms with van der Waals surface area (Å²) in [6, 6.07) is 15.9. The lowest BCUT2D eigenvalue weighted by Gasteiger charge is -2.26. The SMILES string of the molecule is N#Cc1ccccc1OCC(=O)NCc1ccc(C(=O)N2CCOCC2)cc1. The van der Waals surface area contributed by atoms with E-state index in [0.717, 1.165) is 5.56 Å². The van der Waals surface area contributed by atoms with Crippen LogP contribution in [0.25, 0.3) is 0 Å². The maximum Gasteiger partial charge on any atom is 0.258 e. The van der Waals surface area contributed by atoms with E-state index >= 15 is 0 Å². The average molecular weight is 379 g/mol. The monoisotopic (exact) mass is 379 g/mol. The average Bonchev–Trinajstić information content (AvgIpc) is 2.77. The zero-order valence-electron chi connectivity index (χ0n) is 15.4. The van der Waals surface area contributed by atoms with Crippen LogP contribution in [0, 0.1) is 11.3 Å². The molecule has 1 aliphatic rings. The highest BCUT2D eigenvalue weighted by atomic mass is 16.5. The Morgan fingerprint density at radius 1 is 1.11 bits per heavy atom. The van der Waals surface area contributed by atoms with Crippen molar-refractivity contribution in [2.45, 2.75) is 6.54 Å². The number of nitriles is 1. The number of carbonyl (C=O) groups is 2. The number of nitrogens with zero attached hydrogens (tertiary/aromatic N) is 2. The predicted molar refractivity (Wildman–Crippen MR) is 102 cm³/mol. The van der Waals surface area contributed by atoms with Crippen molar-refractivity contribution in [3.63, 3.8) is 0 Å². The molecular weight excluding hydrogens is 358 g/mol. The van der Waals surface area contributed by atoms with Crippen LogP contribution in [0.2, 0.25) is 0 Å². The van der Waals surface area contributed by atoms with Gasteiger partial charge in [-0.3, -0.25) is 9.59 Å². The standard InChI is InChI=1S/C21H21N3O4/c22-13-18-3-1-2-4-19(18)28-15-20(25)23-14-16-5-7-17(8-6-16)21(26)24-9-11-27-12-10-24/h1-8H,9-12,14-15H2,(H,23,25). The minimum absolute atomic E-state index is 0.0107. The van der Waals surface area contributed by atoms with E-state index in [0.29, 0.717) is 49.7 Å². The molecule has 2 aromatic carbocycles. The van der Waals surface area contributed by atoms with E-state index in [9.17, 15) is 9.59 Å². The van der Waals surface area contributed by atoms with Gasteiger partial charge in [0.25, 0.3) is 11.8 Å². The highest BCUT2D eigenvalue weighted by Gasteiger charge is 2.18. The second kappa shape index (κ2) is 9.53. The van der Waals surface area contributed by atoms with Crippen LogP contribution in [0.3, 0.4) is 0 Å². The second-order valence-electron chi connectivity index (χ2n) is 6.27. The summed E-state index contributed by atoms with van der Waals surface area (Å²) in [7, 11) is 0. The van der Waals surface area contributed by atoms with Crippen LogP contribution in [-0.2, 0) is 16.1 Å². The quantitative estimate of drug-likeness (QED) is 0.825. The molecule has 0 aliphatic carbocycles. The first-order valence-electron chi connectivity index (χ1n) is 9.02. The molecule has 0 aromatic heterocycles. The number of nitrogens with one attached hydrogen (secondary N) is 1. The number of hydrogen-bond acceptors (Lipinski definition) is 5. The number of hydrogen-bond donors (Lipinski definition) is 1. The Balaban J connectivity index is 1.47. The van der Waals surface area contributed by atoms with Crippen molar-refractivity contribution in [2.24, 2.45) is 0 Å². The van der Waals surface area contributed by atoms with Crippen molar-refractivity contribution < 1.29 is 19.1 Å². The molecule has 0 saturated carbocycles. The van der Waals surface area contributed by atoms with E-state index in [2.05, 4.69) is 5.32 Å². The lowest BCUT2D eigenvalue weighted by atomic mass is 10.1. The number of carbonyl (C=O) groups excluding carboxylic acids is 2. The summed E-state index contributed by atoms with van der Waals surface area (Å²) in [5.41, 5.74) is 1.88. The zero-order chi connectivity index (χ0) is 19.8. The Kier molecular flexibility index (Phi) is 6.60. The van der Waals surface area contributed by atoms with Crippen molar-refractivity contribution in [3.05, 3.63) is 65.2 Å². The number of morpholine rings is 1. The van der Waals surface area contributed by atoms with Crippen LogP contribution in [0.15, 0.2) is 48.5 Å². The fourth-order valence-corrected chi connectivity index (χ4v) is 2.79. The van der Waals surface area contributed by atoms with E-state index in [1.807, 2.05) is 18.2 Å². The molecule has 0 unspecified atom stereocenters. The van der Waals surface area contributed by atoms with Gasteiger partial charge in [0.2, 0.25) is 0 Å². The van der Waals surface area contributed by atoms with Gasteiger partial charge in [0.1, 0.15) is 11.8 Å². The first kappa shape index (κ1) is 19.4. The molecule has 7 nitrogen and oxygen atoms in total. The molecule has 1 fully saturated rings. The maximum atomic E-state index is 12.4. The summed E-state index contributed by atoms with van der Waals surface area (Å²) in [5, 5.41) is 11.8. The Hall–Kier alpha value is -3.37. The van der Waals surface area contributed by atoms with Crippen LogP contribution >= 0.6 is 0 Å². The van der Waals surface area contributed by atoms with E-state index < -0.39 is 0 Å². The predicted octanol–water partition coefficient (Wildman–Crippen LogP) is 1.73. The smallest absolute Gasteiger partial charge is 0.258 e. The van der Waals surface area contributed by atoms with Gasteiger partial charge in [-0.15, -0.1) is 0 Å². The van der Waals surface area contributed by atoms with Gasteiger partial charge in [0.05, 0.1) is 18.8 Å². The Morgan fingerprint density at radius 3 is 2.54 bits per heavy atom. The lowest BCUT2D eigenvalue weighted by molar-refractivity contribution is -0.123. The number of benzene rings is 2. The van der Waals surface area contributed by atoms with Crippen molar-refractivity contribution >= 4 is 11.8 Å². The summed E-state index contributed by atoms with van der Waals surface area (Å²) in [6.07, 6.45) is 0. The first-order chi connectivity index (χ1) is 13.7. The Bertz CT molecular complexity index is 868. The number of rotatable bonds is 6. The molecule has 1 heterocycles. The van der Waals surface area contributed by atoms with Crippen molar-refractivity contribution in [2.75, 3.05) is 32.9 Å². The topological polar surface area (TPSA) is 91.7 Å². The third-order valence-corrected chi connectivity index (χ3v) is 4.36. The normalized spacial score (nSPS) is 13.5. The van der Waals surface area contributed by atoms with Gasteiger partial charge in [0.15, 0.2) is 6.61 Å². The van der Waals surface area contributed by atoms with Crippen molar-refractivity contribution in [1.29, 1.82) is 5.26 Å². The van der Waals surface area contributed by atoms with Gasteiger partial charge in [-0.1, -0.05) is 24.3 Å². The minimum Gasteiger partial charge on any atom is -0.482 e. The van der Waals surface area contributed by atoms with Gasteiger partial charge in [-0.05, 0) is 29.8 Å². The van der Waals surface area contributed by atoms with Gasteiger partial charge in [-0.2, -0.15) is 5.26 Å². The molecule has 1 N–H and O–H groups in total. The van der Waals surface area contributed by atoms with Crippen LogP contribution in [0.4, 0.5) is 0 Å². The van der Waals surface area contributed by atoms with Crippen molar-refractivity contribution in [3.8, 4) is 11.8 Å². The summed E-state index contributed by atoms with van der Waals surface area (Å²) in [4.78, 5) is 26.2. The lowest BCUT2D eigenvalue weighted by Crippen LogP contribution is -2.40. The number of ether oxygens (including phenoxy) is 2. The van der Waals surface area contributed by atoms with Gasteiger partial charge >= 0.3 is 0 Å². The highest BCUT2D eigenvalue weighted by molar-refractivity contribution is 5.94. The summed E-state index contributed by atoms with van der Waals surface area (Å²) >= 11 is 0. The summed E-state index contributed by atoms with van der Waals surface area (Å²) in [6.45, 7) is 2.49. The molecule has 144 valence electrons. The third kappa shape index (κ3) is 5.09. The van der Waals surface area contributed by atoms with Gasteiger partial charge in [0, 0.05) is 25.2 Å². The molecule has 1 aliphatic heterocycles. The molecule has 7 heteroatoms. The molecule has 0 bridgehead atoms. The van der Waals surface area contributed by atoms with Gasteiger partial charge in [-0.25, -0.2) is 0 Å². The van der Waals surface area contributed by atoms with Crippen LogP contribution in [0.1, 0.15) is 21.5 Å². The molecular formula is C21H21N3O4. The second-order valence-corrected chi connectivity index (χ2v) is 6.27. The summed E-state index contributed by atoms with van der Waals surface area (Å²) < 4.78 is 10.7. The van der Waals surface area contributed by atoms with Gasteiger partial charge < -0.3 is 19.7 Å². The number of amides is 2. The van der Waals surface area contributed by atoms with E-state index in [1.165, 1.54) is 0 Å². The fraction of sp³-hybridized carbons (Fsp3) is 0.286. The molecule has 0 radical (unpaired) electrons. The number of para-hydroxylation sites is 1. The molecule has 2 amide bonds. The molecule has 0 atom stereocenters. The molecule has 1 saturated heterocycles. The largest absolute Gasteiger partial charge is 0.482 e. The zero-order valence-corrected chi connectivity index (χ0v) is 15.4. The van der Waals surface area contributed by atoms with E-state index in [1.54, 1.807) is 41.3 Å². The highest BCUT2D eigenvalue weighted by Crippen LogP contribution is 2.16. The maximum absolute atomic E-state index is 12.4. The van der Waals surface area contributed by atoms with Crippen LogP contribution in [-0.4, -0.2) is 49.6 Å². The van der Waals surface area contributed by atoms with E-state index in [4.69, 9.17) is 14.7 Å². The van der Waals surface area contributed by atoms with Crippen molar-refractivity contribution in [1.82, 2.24) is 10.2 Å². The van der Waals surface area contributed by atoms with Crippen LogP contribution < -0.4 is 10.1 Å².